The highest BCUT2D eigenvalue weighted by Gasteiger charge is 2.29. The van der Waals surface area contributed by atoms with Gasteiger partial charge >= 0.3 is 0 Å². The summed E-state index contributed by atoms with van der Waals surface area (Å²) in [7, 11) is 0. The van der Waals surface area contributed by atoms with Gasteiger partial charge in [-0.05, 0) is 31.7 Å². The minimum Gasteiger partial charge on any atom is -0.396 e. The lowest BCUT2D eigenvalue weighted by molar-refractivity contribution is 0.0356. The maximum atomic E-state index is 9.25. The Morgan fingerprint density at radius 1 is 1.25 bits per heavy atom. The highest BCUT2D eigenvalue weighted by molar-refractivity contribution is 4.85. The number of aliphatic hydroxyl groups excluding tert-OH is 1. The van der Waals surface area contributed by atoms with Gasteiger partial charge in [0, 0.05) is 38.8 Å². The molecular formula is C13H26N2O. The predicted octanol–water partition coefficient (Wildman–Crippen LogP) is 1.17. The van der Waals surface area contributed by atoms with Gasteiger partial charge in [0.25, 0.3) is 0 Å². The van der Waals surface area contributed by atoms with Gasteiger partial charge in [0.15, 0.2) is 0 Å². The van der Waals surface area contributed by atoms with Crippen LogP contribution in [0.4, 0.5) is 0 Å². The number of piperazine rings is 1. The van der Waals surface area contributed by atoms with E-state index >= 15 is 0 Å². The fourth-order valence-electron chi connectivity index (χ4n) is 3.07. The standard InChI is InChI=1S/C13H26N2O/c1-2-12(11-16)9-14-7-8-15-6-4-3-5-13(15)10-14/h12-13,16H,2-11H2,1H3. The first kappa shape index (κ1) is 12.3. The molecular weight excluding hydrogens is 200 g/mol. The molecule has 0 saturated carbocycles. The molecule has 3 nitrogen and oxygen atoms in total. The first-order valence-electron chi connectivity index (χ1n) is 6.90. The summed E-state index contributed by atoms with van der Waals surface area (Å²) in [6.45, 7) is 8.61. The highest BCUT2D eigenvalue weighted by atomic mass is 16.3. The first-order valence-corrected chi connectivity index (χ1v) is 6.90. The van der Waals surface area contributed by atoms with Gasteiger partial charge in [-0.15, -0.1) is 0 Å². The van der Waals surface area contributed by atoms with Gasteiger partial charge in [-0.25, -0.2) is 0 Å². The molecule has 16 heavy (non-hydrogen) atoms. The average molecular weight is 226 g/mol. The number of hydrogen-bond acceptors (Lipinski definition) is 3. The van der Waals surface area contributed by atoms with Gasteiger partial charge in [0.2, 0.25) is 0 Å². The van der Waals surface area contributed by atoms with Crippen LogP contribution in [0.1, 0.15) is 32.6 Å². The van der Waals surface area contributed by atoms with E-state index in [1.54, 1.807) is 0 Å². The van der Waals surface area contributed by atoms with Crippen molar-refractivity contribution < 1.29 is 5.11 Å². The first-order chi connectivity index (χ1) is 7.83. The fraction of sp³-hybridized carbons (Fsp3) is 1.00. The molecule has 2 unspecified atom stereocenters. The molecule has 2 rings (SSSR count). The van der Waals surface area contributed by atoms with Crippen molar-refractivity contribution in [3.05, 3.63) is 0 Å². The van der Waals surface area contributed by atoms with Crippen LogP contribution in [0.2, 0.25) is 0 Å². The Labute approximate surface area is 99.4 Å². The molecule has 2 aliphatic heterocycles. The molecule has 0 bridgehead atoms. The van der Waals surface area contributed by atoms with Gasteiger partial charge in [-0.2, -0.15) is 0 Å². The van der Waals surface area contributed by atoms with Crippen molar-refractivity contribution in [2.75, 3.05) is 39.3 Å². The summed E-state index contributed by atoms with van der Waals surface area (Å²) >= 11 is 0. The molecule has 0 aromatic carbocycles. The molecule has 94 valence electrons. The lowest BCUT2D eigenvalue weighted by Crippen LogP contribution is -2.55. The molecule has 2 atom stereocenters. The molecule has 2 heterocycles. The van der Waals surface area contributed by atoms with Gasteiger partial charge in [-0.1, -0.05) is 13.3 Å². The second kappa shape index (κ2) is 5.99. The van der Waals surface area contributed by atoms with Gasteiger partial charge in [0.1, 0.15) is 0 Å². The third-order valence-electron chi connectivity index (χ3n) is 4.27. The normalized spacial score (nSPS) is 30.0. The zero-order valence-electron chi connectivity index (χ0n) is 10.6. The van der Waals surface area contributed by atoms with Gasteiger partial charge < -0.3 is 10.0 Å². The van der Waals surface area contributed by atoms with Gasteiger partial charge in [-0.3, -0.25) is 4.90 Å². The molecule has 0 aromatic heterocycles. The summed E-state index contributed by atoms with van der Waals surface area (Å²) in [6.07, 6.45) is 5.28. The fourth-order valence-corrected chi connectivity index (χ4v) is 3.07. The summed E-state index contributed by atoms with van der Waals surface area (Å²) in [5.41, 5.74) is 0. The molecule has 2 saturated heterocycles. The van der Waals surface area contributed by atoms with Crippen LogP contribution in [-0.4, -0.2) is 60.3 Å². The lowest BCUT2D eigenvalue weighted by Gasteiger charge is -2.44. The van der Waals surface area contributed by atoms with Crippen molar-refractivity contribution in [3.8, 4) is 0 Å². The Kier molecular flexibility index (Phi) is 4.62. The number of rotatable bonds is 4. The van der Waals surface area contributed by atoms with Crippen LogP contribution < -0.4 is 0 Å². The van der Waals surface area contributed by atoms with Crippen molar-refractivity contribution in [1.82, 2.24) is 9.80 Å². The number of aliphatic hydroxyl groups is 1. The maximum absolute atomic E-state index is 9.25. The average Bonchev–Trinajstić information content (AvgIpc) is 2.35. The molecule has 3 heteroatoms. The molecule has 0 amide bonds. The molecule has 0 spiro atoms. The van der Waals surface area contributed by atoms with E-state index in [1.807, 2.05) is 0 Å². The van der Waals surface area contributed by atoms with Crippen LogP contribution in [0, 0.1) is 5.92 Å². The van der Waals surface area contributed by atoms with Crippen LogP contribution in [0.15, 0.2) is 0 Å². The Hall–Kier alpha value is -0.120. The topological polar surface area (TPSA) is 26.7 Å². The molecule has 2 fully saturated rings. The van der Waals surface area contributed by atoms with E-state index in [-0.39, 0.29) is 0 Å². The monoisotopic (exact) mass is 226 g/mol. The summed E-state index contributed by atoms with van der Waals surface area (Å²) in [5.74, 6) is 0.482. The zero-order chi connectivity index (χ0) is 11.4. The van der Waals surface area contributed by atoms with Crippen LogP contribution in [0.25, 0.3) is 0 Å². The quantitative estimate of drug-likeness (QED) is 0.779. The van der Waals surface area contributed by atoms with Crippen LogP contribution in [0.3, 0.4) is 0 Å². The second-order valence-corrected chi connectivity index (χ2v) is 5.40. The summed E-state index contributed by atoms with van der Waals surface area (Å²) in [4.78, 5) is 5.23. The van der Waals surface area contributed by atoms with Crippen molar-refractivity contribution in [1.29, 1.82) is 0 Å². The van der Waals surface area contributed by atoms with E-state index < -0.39 is 0 Å². The lowest BCUT2D eigenvalue weighted by atomic mass is 9.98. The van der Waals surface area contributed by atoms with Gasteiger partial charge in [0.05, 0.1) is 0 Å². The smallest absolute Gasteiger partial charge is 0.0471 e. The number of nitrogens with zero attached hydrogens (tertiary/aromatic N) is 2. The van der Waals surface area contributed by atoms with Crippen LogP contribution >= 0.6 is 0 Å². The largest absolute Gasteiger partial charge is 0.396 e. The Morgan fingerprint density at radius 3 is 2.88 bits per heavy atom. The van der Waals surface area contributed by atoms with E-state index in [2.05, 4.69) is 16.7 Å². The van der Waals surface area contributed by atoms with E-state index in [0.717, 1.165) is 19.0 Å². The predicted molar refractivity (Wildman–Crippen MR) is 66.5 cm³/mol. The molecule has 1 N–H and O–H groups in total. The van der Waals surface area contributed by atoms with Crippen molar-refractivity contribution in [2.45, 2.75) is 38.6 Å². The van der Waals surface area contributed by atoms with Crippen LogP contribution in [0.5, 0.6) is 0 Å². The minimum atomic E-state index is 0.349. The minimum absolute atomic E-state index is 0.349. The number of hydrogen-bond donors (Lipinski definition) is 1. The van der Waals surface area contributed by atoms with E-state index in [9.17, 15) is 5.11 Å². The summed E-state index contributed by atoms with van der Waals surface area (Å²) in [6, 6.07) is 0.804. The summed E-state index contributed by atoms with van der Waals surface area (Å²) < 4.78 is 0. The van der Waals surface area contributed by atoms with Crippen LogP contribution in [-0.2, 0) is 0 Å². The highest BCUT2D eigenvalue weighted by Crippen LogP contribution is 2.21. The maximum Gasteiger partial charge on any atom is 0.0471 e. The van der Waals surface area contributed by atoms with Crippen molar-refractivity contribution in [3.63, 3.8) is 0 Å². The van der Waals surface area contributed by atoms with Crippen molar-refractivity contribution in [2.24, 2.45) is 5.92 Å². The Bertz CT molecular complexity index is 206. The summed E-state index contributed by atoms with van der Waals surface area (Å²) in [5, 5.41) is 9.25. The molecule has 2 aliphatic rings. The molecule has 0 aromatic rings. The van der Waals surface area contributed by atoms with Crippen molar-refractivity contribution >= 4 is 0 Å². The second-order valence-electron chi connectivity index (χ2n) is 5.40. The number of fused-ring (bicyclic) bond motifs is 1. The van der Waals surface area contributed by atoms with E-state index in [0.29, 0.717) is 12.5 Å². The van der Waals surface area contributed by atoms with E-state index in [4.69, 9.17) is 0 Å². The Balaban J connectivity index is 1.80. The van der Waals surface area contributed by atoms with E-state index in [1.165, 1.54) is 45.4 Å². The Morgan fingerprint density at radius 2 is 2.12 bits per heavy atom. The third-order valence-corrected chi connectivity index (χ3v) is 4.27. The molecule has 0 aliphatic carbocycles. The third kappa shape index (κ3) is 2.96. The molecule has 0 radical (unpaired) electrons. The SMILES string of the molecule is CCC(CO)CN1CCN2CCCCC2C1. The number of piperidine rings is 1. The zero-order valence-corrected chi connectivity index (χ0v) is 10.6.